The van der Waals surface area contributed by atoms with Crippen LogP contribution >= 0.6 is 0 Å². The van der Waals surface area contributed by atoms with E-state index in [-0.39, 0.29) is 23.6 Å². The average Bonchev–Trinajstić information content (AvgIpc) is 3.28. The molecule has 0 saturated carbocycles. The molecule has 3 aromatic rings. The van der Waals surface area contributed by atoms with Gasteiger partial charge in [0.05, 0.1) is 0 Å². The van der Waals surface area contributed by atoms with Gasteiger partial charge in [-0.25, -0.2) is 0 Å². The van der Waals surface area contributed by atoms with Crippen LogP contribution in [0.2, 0.25) is 0 Å². The molecule has 0 spiro atoms. The van der Waals surface area contributed by atoms with Crippen molar-refractivity contribution in [1.29, 1.82) is 0 Å². The number of ether oxygens (including phenoxy) is 1. The molecule has 0 saturated heterocycles. The van der Waals surface area contributed by atoms with Crippen LogP contribution in [0.5, 0.6) is 5.75 Å². The van der Waals surface area contributed by atoms with Gasteiger partial charge in [0.25, 0.3) is 5.91 Å². The first kappa shape index (κ1) is 29.0. The number of benzene rings is 2. The number of carboxylic acid groups (broad SMARTS) is 1. The number of amides is 1. The van der Waals surface area contributed by atoms with Crippen LogP contribution in [0.25, 0.3) is 11.0 Å². The van der Waals surface area contributed by atoms with Gasteiger partial charge in [-0.15, -0.1) is 0 Å². The molecule has 0 atom stereocenters. The highest BCUT2D eigenvalue weighted by Crippen LogP contribution is 2.42. The topological polar surface area (TPSA) is 97.0 Å². The molecule has 1 heterocycles. The molecular weight excluding hydrogens is 482 g/mol. The highest BCUT2D eigenvalue weighted by Gasteiger charge is 2.32. The Morgan fingerprint density at radius 3 is 2.13 bits per heavy atom. The zero-order valence-electron chi connectivity index (χ0n) is 23.7. The van der Waals surface area contributed by atoms with E-state index in [0.29, 0.717) is 11.3 Å². The van der Waals surface area contributed by atoms with Crippen molar-refractivity contribution in [3.05, 3.63) is 64.4 Å². The minimum absolute atomic E-state index is 0.0371. The number of hydrogen-bond acceptors (Lipinski definition) is 5. The Morgan fingerprint density at radius 2 is 1.58 bits per heavy atom. The third-order valence-electron chi connectivity index (χ3n) is 7.41. The average molecular weight is 522 g/mol. The maximum Gasteiger partial charge on any atom is 0.323 e. The summed E-state index contributed by atoms with van der Waals surface area (Å²) in [7, 11) is 1.44. The van der Waals surface area contributed by atoms with Crippen molar-refractivity contribution in [3.63, 3.8) is 0 Å². The van der Waals surface area contributed by atoms with E-state index in [9.17, 15) is 14.4 Å². The first-order valence-corrected chi connectivity index (χ1v) is 13.0. The lowest BCUT2D eigenvalue weighted by molar-refractivity contribution is -0.137. The smallest absolute Gasteiger partial charge is 0.323 e. The summed E-state index contributed by atoms with van der Waals surface area (Å²) in [4.78, 5) is 37.2. The zero-order valence-corrected chi connectivity index (χ0v) is 23.7. The van der Waals surface area contributed by atoms with Gasteiger partial charge in [0.15, 0.2) is 11.5 Å². The van der Waals surface area contributed by atoms with Crippen molar-refractivity contribution in [1.82, 2.24) is 4.90 Å². The zero-order chi connectivity index (χ0) is 28.4. The molecule has 7 heteroatoms. The lowest BCUT2D eigenvalue weighted by Gasteiger charge is -2.34. The molecule has 3 rings (SSSR count). The molecule has 0 unspecified atom stereocenters. The van der Waals surface area contributed by atoms with Crippen LogP contribution in [0.1, 0.15) is 80.3 Å². The van der Waals surface area contributed by atoms with Crippen molar-refractivity contribution < 1.29 is 28.6 Å². The first-order valence-electron chi connectivity index (χ1n) is 13.0. The van der Waals surface area contributed by atoms with Gasteiger partial charge in [-0.05, 0) is 67.1 Å². The number of aliphatic carboxylic acids is 1. The molecule has 0 bridgehead atoms. The molecule has 1 N–H and O–H groups in total. The molecule has 0 fully saturated rings. The van der Waals surface area contributed by atoms with E-state index in [2.05, 4.69) is 38.1 Å². The largest absolute Gasteiger partial charge is 0.486 e. The van der Waals surface area contributed by atoms with Gasteiger partial charge in [0, 0.05) is 23.3 Å². The highest BCUT2D eigenvalue weighted by molar-refractivity contribution is 5.98. The number of hydrogen-bond donors (Lipinski definition) is 1. The van der Waals surface area contributed by atoms with Gasteiger partial charge in [0.1, 0.15) is 24.5 Å². The quantitative estimate of drug-likeness (QED) is 0.336. The van der Waals surface area contributed by atoms with Crippen LogP contribution in [-0.2, 0) is 15.0 Å². The second-order valence-corrected chi connectivity index (χ2v) is 11.1. The molecule has 38 heavy (non-hydrogen) atoms. The number of carbonyl (C=O) groups is 3. The molecule has 7 nitrogen and oxygen atoms in total. The van der Waals surface area contributed by atoms with Crippen molar-refractivity contribution in [2.45, 2.75) is 66.7 Å². The molecule has 0 aliphatic carbocycles. The van der Waals surface area contributed by atoms with Gasteiger partial charge < -0.3 is 19.2 Å². The van der Waals surface area contributed by atoms with Gasteiger partial charge in [-0.2, -0.15) is 0 Å². The first-order chi connectivity index (χ1) is 17.7. The fraction of sp³-hybridized carbons (Fsp3) is 0.452. The molecule has 2 aromatic carbocycles. The summed E-state index contributed by atoms with van der Waals surface area (Å²) in [5.74, 6) is -0.697. The second-order valence-electron chi connectivity index (χ2n) is 11.1. The van der Waals surface area contributed by atoms with Crippen LogP contribution in [0.15, 0.2) is 40.8 Å². The number of likely N-dealkylation sites (N-methyl/N-ethyl adjacent to an activating group) is 1. The number of nitrogens with zero attached hydrogens (tertiary/aromatic N) is 1. The van der Waals surface area contributed by atoms with Gasteiger partial charge >= 0.3 is 5.97 Å². The molecule has 0 radical (unpaired) electrons. The predicted octanol–water partition coefficient (Wildman–Crippen LogP) is 6.31. The number of carbonyl (C=O) groups excluding carboxylic acids is 2. The molecule has 0 aliphatic rings. The van der Waals surface area contributed by atoms with E-state index in [4.69, 9.17) is 14.3 Å². The number of fused-ring (bicyclic) bond motifs is 1. The number of aryl methyl sites for hydroxylation is 2. The normalized spacial score (nSPS) is 12.0. The van der Waals surface area contributed by atoms with Gasteiger partial charge in [-0.1, -0.05) is 52.8 Å². The van der Waals surface area contributed by atoms with E-state index in [1.165, 1.54) is 7.05 Å². The Bertz CT molecular complexity index is 1360. The van der Waals surface area contributed by atoms with E-state index in [0.717, 1.165) is 45.4 Å². The Labute approximate surface area is 224 Å². The van der Waals surface area contributed by atoms with Crippen molar-refractivity contribution in [3.8, 4) is 5.75 Å². The predicted molar refractivity (Wildman–Crippen MR) is 148 cm³/mol. The summed E-state index contributed by atoms with van der Waals surface area (Å²) < 4.78 is 11.8. The maximum absolute atomic E-state index is 12.7. The Hall–Kier alpha value is -3.61. The lowest BCUT2D eigenvalue weighted by atomic mass is 9.70. The van der Waals surface area contributed by atoms with Crippen LogP contribution in [0.4, 0.5) is 0 Å². The van der Waals surface area contributed by atoms with Crippen LogP contribution < -0.4 is 4.74 Å². The van der Waals surface area contributed by atoms with Crippen LogP contribution in [0, 0.1) is 19.3 Å². The SMILES string of the molecule is CCC(CC)(c1ccc(OCC(=O)C(C)(C)C)c(C)c1)c1cc(C)c2oc(C(=O)N(C)CC(=O)O)cc2c1. The van der Waals surface area contributed by atoms with E-state index < -0.39 is 23.8 Å². The summed E-state index contributed by atoms with van der Waals surface area (Å²) in [5.41, 5.74) is 4.01. The third kappa shape index (κ3) is 5.77. The fourth-order valence-electron chi connectivity index (χ4n) is 4.87. The van der Waals surface area contributed by atoms with Crippen molar-refractivity contribution >= 4 is 28.6 Å². The summed E-state index contributed by atoms with van der Waals surface area (Å²) in [5, 5.41) is 9.83. The highest BCUT2D eigenvalue weighted by atomic mass is 16.5. The summed E-state index contributed by atoms with van der Waals surface area (Å²) in [6.07, 6.45) is 1.70. The fourth-order valence-corrected chi connectivity index (χ4v) is 4.87. The molecule has 204 valence electrons. The minimum atomic E-state index is -1.08. The number of ketones is 1. The Kier molecular flexibility index (Phi) is 8.39. The van der Waals surface area contributed by atoms with Gasteiger partial charge in [-0.3, -0.25) is 14.4 Å². The lowest BCUT2D eigenvalue weighted by Crippen LogP contribution is -2.31. The summed E-state index contributed by atoms with van der Waals surface area (Å²) in [6.45, 7) is 13.6. The molecule has 0 aliphatic heterocycles. The molecular formula is C31H39NO6. The Balaban J connectivity index is 2.00. The number of furan rings is 1. The minimum Gasteiger partial charge on any atom is -0.486 e. The van der Waals surface area contributed by atoms with Crippen LogP contribution in [-0.4, -0.2) is 47.9 Å². The third-order valence-corrected chi connectivity index (χ3v) is 7.41. The maximum atomic E-state index is 12.7. The number of carboxylic acids is 1. The van der Waals surface area contributed by atoms with Crippen molar-refractivity contribution in [2.75, 3.05) is 20.2 Å². The monoisotopic (exact) mass is 521 g/mol. The standard InChI is InChI=1S/C31H39NO6/c1-9-31(10-2,22-11-12-24(19(3)13-22)37-18-26(33)30(5,6)7)23-14-20(4)28-21(15-23)16-25(38-28)29(36)32(8)17-27(34)35/h11-16H,9-10,17-18H2,1-8H3,(H,34,35). The van der Waals surface area contributed by atoms with Crippen LogP contribution in [0.3, 0.4) is 0 Å². The van der Waals surface area contributed by atoms with E-state index in [1.54, 1.807) is 6.07 Å². The van der Waals surface area contributed by atoms with Gasteiger partial charge in [0.2, 0.25) is 0 Å². The van der Waals surface area contributed by atoms with Crippen molar-refractivity contribution in [2.24, 2.45) is 5.41 Å². The summed E-state index contributed by atoms with van der Waals surface area (Å²) >= 11 is 0. The Morgan fingerprint density at radius 1 is 0.947 bits per heavy atom. The molecule has 1 amide bonds. The second kappa shape index (κ2) is 11.0. The summed E-state index contributed by atoms with van der Waals surface area (Å²) in [6, 6.07) is 12.0. The van der Waals surface area contributed by atoms with E-state index in [1.807, 2.05) is 40.7 Å². The van der Waals surface area contributed by atoms with E-state index >= 15 is 0 Å². The number of rotatable bonds is 10. The number of Topliss-reactive ketones (excluding diaryl/α,β-unsaturated/α-hetero) is 1. The molecule has 1 aromatic heterocycles.